The van der Waals surface area contributed by atoms with Crippen LogP contribution in [0.5, 0.6) is 0 Å². The zero-order valence-electron chi connectivity index (χ0n) is 10.2. The third-order valence-electron chi connectivity index (χ3n) is 2.22. The molecule has 0 bridgehead atoms. The van der Waals surface area contributed by atoms with Gasteiger partial charge < -0.3 is 14.7 Å². The molecule has 1 N–H and O–H groups in total. The lowest BCUT2D eigenvalue weighted by atomic mass is 10.1. The van der Waals surface area contributed by atoms with E-state index in [4.69, 9.17) is 5.11 Å². The van der Waals surface area contributed by atoms with Gasteiger partial charge in [-0.05, 0) is 6.42 Å². The van der Waals surface area contributed by atoms with Gasteiger partial charge in [0.25, 0.3) is 0 Å². The van der Waals surface area contributed by atoms with E-state index < -0.39 is 30.5 Å². The number of nitrogens with zero attached hydrogens (tertiary/aromatic N) is 1. The van der Waals surface area contributed by atoms with Gasteiger partial charge in [0.2, 0.25) is 0 Å². The molecule has 8 heteroatoms. The van der Waals surface area contributed by atoms with E-state index in [1.165, 1.54) is 14.0 Å². The lowest BCUT2D eigenvalue weighted by molar-refractivity contribution is -0.186. The minimum Gasteiger partial charge on any atom is -0.481 e. The van der Waals surface area contributed by atoms with Crippen molar-refractivity contribution in [3.05, 3.63) is 0 Å². The van der Waals surface area contributed by atoms with Crippen LogP contribution < -0.4 is 0 Å². The summed E-state index contributed by atoms with van der Waals surface area (Å²) < 4.78 is 41.5. The molecule has 0 aliphatic rings. The predicted molar refractivity (Wildman–Crippen MR) is 55.9 cm³/mol. The molecule has 0 saturated heterocycles. The number of aliphatic carboxylic acids is 1. The molecule has 0 aromatic carbocycles. The standard InChI is InChI=1S/C10H16F3NO4/c1-7(8(15)16)6-14(4-3-5-18-2)9(17)10(11,12)13/h7H,3-6H2,1-2H3,(H,15,16). The maximum atomic E-state index is 12.3. The van der Waals surface area contributed by atoms with Gasteiger partial charge in [-0.15, -0.1) is 0 Å². The average Bonchev–Trinajstić information content (AvgIpc) is 2.25. The summed E-state index contributed by atoms with van der Waals surface area (Å²) in [5, 5.41) is 8.64. The molecule has 0 radical (unpaired) electrons. The fourth-order valence-corrected chi connectivity index (χ4v) is 1.26. The number of methoxy groups -OCH3 is 1. The largest absolute Gasteiger partial charge is 0.481 e. The summed E-state index contributed by atoms with van der Waals surface area (Å²) in [6.07, 6.45) is -4.78. The predicted octanol–water partition coefficient (Wildman–Crippen LogP) is 1.13. The number of hydrogen-bond donors (Lipinski definition) is 1. The molecule has 18 heavy (non-hydrogen) atoms. The van der Waals surface area contributed by atoms with E-state index in [0.717, 1.165) is 0 Å². The number of hydrogen-bond acceptors (Lipinski definition) is 3. The van der Waals surface area contributed by atoms with Crippen LogP contribution in [0.15, 0.2) is 0 Å². The van der Waals surface area contributed by atoms with Gasteiger partial charge in [0.05, 0.1) is 5.92 Å². The topological polar surface area (TPSA) is 66.8 Å². The second kappa shape index (κ2) is 7.20. The molecule has 0 aliphatic heterocycles. The van der Waals surface area contributed by atoms with Gasteiger partial charge in [0, 0.05) is 26.8 Å². The van der Waals surface area contributed by atoms with Gasteiger partial charge in [-0.1, -0.05) is 6.92 Å². The van der Waals surface area contributed by atoms with E-state index in [9.17, 15) is 22.8 Å². The highest BCUT2D eigenvalue weighted by molar-refractivity contribution is 5.82. The Bertz CT molecular complexity index is 293. The van der Waals surface area contributed by atoms with Crippen LogP contribution in [0, 0.1) is 5.92 Å². The third kappa shape index (κ3) is 5.85. The number of carbonyl (C=O) groups excluding carboxylic acids is 1. The van der Waals surface area contributed by atoms with Crippen molar-refractivity contribution in [2.75, 3.05) is 26.8 Å². The minimum atomic E-state index is -4.99. The Labute approximate surface area is 103 Å². The number of carboxylic acids is 1. The molecular formula is C10H16F3NO4. The minimum absolute atomic E-state index is 0.191. The fraction of sp³-hybridized carbons (Fsp3) is 0.800. The molecule has 0 rings (SSSR count). The fourth-order valence-electron chi connectivity index (χ4n) is 1.26. The van der Waals surface area contributed by atoms with Gasteiger partial charge in [-0.3, -0.25) is 9.59 Å². The van der Waals surface area contributed by atoms with Crippen LogP contribution in [0.1, 0.15) is 13.3 Å². The van der Waals surface area contributed by atoms with Crippen molar-refractivity contribution in [2.24, 2.45) is 5.92 Å². The molecule has 0 spiro atoms. The van der Waals surface area contributed by atoms with E-state index in [1.54, 1.807) is 0 Å². The molecule has 1 unspecified atom stereocenters. The van der Waals surface area contributed by atoms with Crippen LogP contribution in [0.2, 0.25) is 0 Å². The number of carboxylic acid groups (broad SMARTS) is 1. The van der Waals surface area contributed by atoms with E-state index in [1.807, 2.05) is 0 Å². The summed E-state index contributed by atoms with van der Waals surface area (Å²) in [5.41, 5.74) is 0. The van der Waals surface area contributed by atoms with Gasteiger partial charge in [0.1, 0.15) is 0 Å². The number of amides is 1. The molecule has 5 nitrogen and oxygen atoms in total. The highest BCUT2D eigenvalue weighted by atomic mass is 19.4. The smallest absolute Gasteiger partial charge is 0.471 e. The lowest BCUT2D eigenvalue weighted by Crippen LogP contribution is -2.45. The molecule has 1 amide bonds. The van der Waals surface area contributed by atoms with E-state index in [2.05, 4.69) is 4.74 Å². The summed E-state index contributed by atoms with van der Waals surface area (Å²) in [7, 11) is 1.38. The summed E-state index contributed by atoms with van der Waals surface area (Å²) in [6, 6.07) is 0. The number of carbonyl (C=O) groups is 2. The number of rotatable bonds is 7. The summed E-state index contributed by atoms with van der Waals surface area (Å²) >= 11 is 0. The molecule has 0 aromatic heterocycles. The van der Waals surface area contributed by atoms with Crippen molar-refractivity contribution < 1.29 is 32.6 Å². The Morgan fingerprint density at radius 3 is 2.33 bits per heavy atom. The van der Waals surface area contributed by atoms with E-state index in [-0.39, 0.29) is 19.6 Å². The van der Waals surface area contributed by atoms with Crippen molar-refractivity contribution in [3.8, 4) is 0 Å². The van der Waals surface area contributed by atoms with Crippen LogP contribution in [0.4, 0.5) is 13.2 Å². The first-order valence-electron chi connectivity index (χ1n) is 5.28. The summed E-state index contributed by atoms with van der Waals surface area (Å²) in [6.45, 7) is 0.777. The maximum Gasteiger partial charge on any atom is 0.471 e. The van der Waals surface area contributed by atoms with Crippen molar-refractivity contribution in [1.29, 1.82) is 0 Å². The number of halogens is 3. The van der Waals surface area contributed by atoms with Gasteiger partial charge >= 0.3 is 18.1 Å². The Hall–Kier alpha value is -1.31. The Balaban J connectivity index is 4.61. The third-order valence-corrected chi connectivity index (χ3v) is 2.22. The van der Waals surface area contributed by atoms with Crippen LogP contribution in [0.25, 0.3) is 0 Å². The Morgan fingerprint density at radius 1 is 1.39 bits per heavy atom. The molecule has 0 aliphatic carbocycles. The molecule has 1 atom stereocenters. The molecule has 0 fully saturated rings. The highest BCUT2D eigenvalue weighted by Crippen LogP contribution is 2.19. The van der Waals surface area contributed by atoms with E-state index in [0.29, 0.717) is 4.90 Å². The van der Waals surface area contributed by atoms with Crippen molar-refractivity contribution in [1.82, 2.24) is 4.90 Å². The van der Waals surface area contributed by atoms with E-state index >= 15 is 0 Å². The summed E-state index contributed by atoms with van der Waals surface area (Å²) in [4.78, 5) is 22.2. The van der Waals surface area contributed by atoms with Crippen molar-refractivity contribution in [2.45, 2.75) is 19.5 Å². The maximum absolute atomic E-state index is 12.3. The van der Waals surface area contributed by atoms with Crippen molar-refractivity contribution in [3.63, 3.8) is 0 Å². The monoisotopic (exact) mass is 271 g/mol. The SMILES string of the molecule is COCCCN(CC(C)C(=O)O)C(=O)C(F)(F)F. The number of alkyl halides is 3. The Morgan fingerprint density at radius 2 is 1.94 bits per heavy atom. The van der Waals surface area contributed by atoms with Crippen LogP contribution in [0.3, 0.4) is 0 Å². The molecule has 0 heterocycles. The van der Waals surface area contributed by atoms with Crippen LogP contribution in [-0.4, -0.2) is 54.9 Å². The van der Waals surface area contributed by atoms with Crippen LogP contribution >= 0.6 is 0 Å². The Kier molecular flexibility index (Phi) is 6.67. The molecule has 0 aromatic rings. The van der Waals surface area contributed by atoms with Gasteiger partial charge in [0.15, 0.2) is 0 Å². The summed E-state index contributed by atoms with van der Waals surface area (Å²) in [5.74, 6) is -4.33. The second-order valence-corrected chi connectivity index (χ2v) is 3.83. The first-order valence-corrected chi connectivity index (χ1v) is 5.28. The first kappa shape index (κ1) is 16.7. The van der Waals surface area contributed by atoms with Crippen molar-refractivity contribution >= 4 is 11.9 Å². The zero-order valence-corrected chi connectivity index (χ0v) is 10.2. The normalized spacial score (nSPS) is 13.2. The quantitative estimate of drug-likeness (QED) is 0.705. The first-order chi connectivity index (χ1) is 8.20. The van der Waals surface area contributed by atoms with Gasteiger partial charge in [-0.2, -0.15) is 13.2 Å². The zero-order chi connectivity index (χ0) is 14.3. The number of ether oxygens (including phenoxy) is 1. The molecular weight excluding hydrogens is 255 g/mol. The second-order valence-electron chi connectivity index (χ2n) is 3.83. The molecule has 0 saturated carbocycles. The van der Waals surface area contributed by atoms with Crippen LogP contribution in [-0.2, 0) is 14.3 Å². The average molecular weight is 271 g/mol. The van der Waals surface area contributed by atoms with Gasteiger partial charge in [-0.25, -0.2) is 0 Å². The lowest BCUT2D eigenvalue weighted by Gasteiger charge is -2.25. The highest BCUT2D eigenvalue weighted by Gasteiger charge is 2.42. The molecule has 106 valence electrons.